The van der Waals surface area contributed by atoms with Gasteiger partial charge in [-0.1, -0.05) is 13.0 Å². The van der Waals surface area contributed by atoms with Gasteiger partial charge in [-0.2, -0.15) is 0 Å². The normalized spacial score (nSPS) is 10.9. The summed E-state index contributed by atoms with van der Waals surface area (Å²) >= 11 is 1.55. The first kappa shape index (κ1) is 14.7. The first-order valence-corrected chi connectivity index (χ1v) is 7.35. The van der Waals surface area contributed by atoms with Crippen LogP contribution >= 0.6 is 11.3 Å². The van der Waals surface area contributed by atoms with E-state index in [1.54, 1.807) is 18.3 Å². The zero-order chi connectivity index (χ0) is 14.4. The van der Waals surface area contributed by atoms with Gasteiger partial charge in [0.15, 0.2) is 0 Å². The van der Waals surface area contributed by atoms with E-state index in [4.69, 9.17) is 9.15 Å². The minimum Gasteiger partial charge on any atom is -0.465 e. The fourth-order valence-electron chi connectivity index (χ4n) is 1.68. The van der Waals surface area contributed by atoms with Crippen LogP contribution in [0.25, 0.3) is 10.8 Å². The van der Waals surface area contributed by atoms with Gasteiger partial charge in [0.2, 0.25) is 5.89 Å². The average Bonchev–Trinajstić information content (AvgIpc) is 3.08. The topological polar surface area (TPSA) is 68.5 Å². The summed E-state index contributed by atoms with van der Waals surface area (Å²) in [5, 5.41) is 9.98. The number of nitrogens with zero attached hydrogens (tertiary/aromatic N) is 3. The Balaban J connectivity index is 1.96. The molecule has 20 heavy (non-hydrogen) atoms. The Morgan fingerprint density at radius 2 is 2.30 bits per heavy atom. The Kier molecular flexibility index (Phi) is 5.25. The highest BCUT2D eigenvalue weighted by Crippen LogP contribution is 2.23. The van der Waals surface area contributed by atoms with E-state index in [1.165, 1.54) is 0 Å². The molecule has 2 heterocycles. The smallest absolute Gasteiger partial charge is 0.320 e. The zero-order valence-electron chi connectivity index (χ0n) is 11.5. The van der Waals surface area contributed by atoms with Gasteiger partial charge < -0.3 is 9.15 Å². The largest absolute Gasteiger partial charge is 0.465 e. The highest BCUT2D eigenvalue weighted by atomic mass is 32.1. The Morgan fingerprint density at radius 3 is 2.95 bits per heavy atom. The van der Waals surface area contributed by atoms with Gasteiger partial charge in [0.25, 0.3) is 5.89 Å². The maximum atomic E-state index is 11.5. The number of hydrogen-bond acceptors (Lipinski definition) is 7. The third-order valence-corrected chi connectivity index (χ3v) is 3.52. The van der Waals surface area contributed by atoms with Crippen LogP contribution in [0.4, 0.5) is 0 Å². The fraction of sp³-hybridized carbons (Fsp3) is 0.462. The van der Waals surface area contributed by atoms with Crippen molar-refractivity contribution in [2.45, 2.75) is 20.4 Å². The minimum absolute atomic E-state index is 0.223. The number of carbonyl (C=O) groups is 1. The fourth-order valence-corrected chi connectivity index (χ4v) is 2.32. The number of hydrogen-bond donors (Lipinski definition) is 0. The van der Waals surface area contributed by atoms with Gasteiger partial charge in [0.05, 0.1) is 24.6 Å². The molecule has 0 fully saturated rings. The molecule has 7 heteroatoms. The highest BCUT2D eigenvalue weighted by Gasteiger charge is 2.15. The molecule has 0 aliphatic carbocycles. The number of likely N-dealkylation sites (N-methyl/N-ethyl adjacent to an activating group) is 1. The molecule has 0 saturated carbocycles. The van der Waals surface area contributed by atoms with Crippen LogP contribution in [0.15, 0.2) is 21.9 Å². The monoisotopic (exact) mass is 295 g/mol. The van der Waals surface area contributed by atoms with E-state index >= 15 is 0 Å². The molecule has 0 unspecified atom stereocenters. The lowest BCUT2D eigenvalue weighted by atomic mass is 10.4. The molecular weight excluding hydrogens is 278 g/mol. The van der Waals surface area contributed by atoms with Gasteiger partial charge in [-0.05, 0) is 24.9 Å². The first-order valence-electron chi connectivity index (χ1n) is 6.47. The molecule has 0 aromatic carbocycles. The van der Waals surface area contributed by atoms with Crippen molar-refractivity contribution in [3.8, 4) is 10.8 Å². The molecule has 0 spiro atoms. The van der Waals surface area contributed by atoms with Crippen LogP contribution in [0, 0.1) is 0 Å². The number of aromatic nitrogens is 2. The third-order valence-electron chi connectivity index (χ3n) is 2.66. The predicted octanol–water partition coefficient (Wildman–Crippen LogP) is 2.18. The summed E-state index contributed by atoms with van der Waals surface area (Å²) < 4.78 is 10.5. The van der Waals surface area contributed by atoms with Gasteiger partial charge in [-0.15, -0.1) is 21.5 Å². The molecule has 2 aromatic rings. The van der Waals surface area contributed by atoms with E-state index in [2.05, 4.69) is 10.2 Å². The molecule has 0 radical (unpaired) electrons. The molecule has 6 nitrogen and oxygen atoms in total. The van der Waals surface area contributed by atoms with Gasteiger partial charge in [0, 0.05) is 0 Å². The molecule has 0 aliphatic heterocycles. The van der Waals surface area contributed by atoms with Crippen LogP contribution < -0.4 is 0 Å². The molecule has 0 aliphatic rings. The van der Waals surface area contributed by atoms with Crippen molar-refractivity contribution < 1.29 is 13.9 Å². The van der Waals surface area contributed by atoms with Gasteiger partial charge in [-0.3, -0.25) is 9.69 Å². The second kappa shape index (κ2) is 7.16. The molecule has 0 N–H and O–H groups in total. The SMILES string of the molecule is CCOC(=O)CN(CC)Cc1nnc(-c2cccs2)o1. The molecule has 2 aromatic heterocycles. The number of rotatable bonds is 7. The van der Waals surface area contributed by atoms with Gasteiger partial charge in [-0.25, -0.2) is 0 Å². The van der Waals surface area contributed by atoms with Crippen LogP contribution in [0.3, 0.4) is 0 Å². The van der Waals surface area contributed by atoms with Crippen molar-refractivity contribution in [1.29, 1.82) is 0 Å². The maximum Gasteiger partial charge on any atom is 0.320 e. The standard InChI is InChI=1S/C13H17N3O3S/c1-3-16(9-12(17)18-4-2)8-11-14-15-13(19-11)10-6-5-7-20-10/h5-7H,3-4,8-9H2,1-2H3. The highest BCUT2D eigenvalue weighted by molar-refractivity contribution is 7.13. The van der Waals surface area contributed by atoms with E-state index in [1.807, 2.05) is 29.3 Å². The van der Waals surface area contributed by atoms with E-state index in [9.17, 15) is 4.79 Å². The summed E-state index contributed by atoms with van der Waals surface area (Å²) in [4.78, 5) is 14.3. The number of esters is 1. The Labute approximate surface area is 121 Å². The van der Waals surface area contributed by atoms with Crippen molar-refractivity contribution in [2.75, 3.05) is 19.7 Å². The minimum atomic E-state index is -0.243. The molecule has 0 amide bonds. The summed E-state index contributed by atoms with van der Waals surface area (Å²) in [6.45, 7) is 5.51. The van der Waals surface area contributed by atoms with Crippen molar-refractivity contribution in [3.05, 3.63) is 23.4 Å². The van der Waals surface area contributed by atoms with Crippen molar-refractivity contribution in [2.24, 2.45) is 0 Å². The van der Waals surface area contributed by atoms with Crippen molar-refractivity contribution in [3.63, 3.8) is 0 Å². The van der Waals surface area contributed by atoms with Crippen LogP contribution in [0.1, 0.15) is 19.7 Å². The summed E-state index contributed by atoms with van der Waals surface area (Å²) in [7, 11) is 0. The summed E-state index contributed by atoms with van der Waals surface area (Å²) in [6, 6.07) is 3.86. The quantitative estimate of drug-likeness (QED) is 0.729. The molecular formula is C13H17N3O3S. The number of carbonyl (C=O) groups excluding carboxylic acids is 1. The molecule has 108 valence electrons. The van der Waals surface area contributed by atoms with E-state index in [-0.39, 0.29) is 12.5 Å². The summed E-state index contributed by atoms with van der Waals surface area (Å²) in [5.74, 6) is 0.772. The van der Waals surface area contributed by atoms with Crippen LogP contribution in [0.2, 0.25) is 0 Å². The lowest BCUT2D eigenvalue weighted by molar-refractivity contribution is -0.144. The van der Waals surface area contributed by atoms with Crippen molar-refractivity contribution >= 4 is 17.3 Å². The van der Waals surface area contributed by atoms with E-state index in [0.717, 1.165) is 4.88 Å². The van der Waals surface area contributed by atoms with E-state index < -0.39 is 0 Å². The Bertz CT molecular complexity index is 539. The summed E-state index contributed by atoms with van der Waals surface area (Å²) in [6.07, 6.45) is 0. The molecule has 2 rings (SSSR count). The second-order valence-electron chi connectivity index (χ2n) is 4.09. The molecule has 0 atom stereocenters. The zero-order valence-corrected chi connectivity index (χ0v) is 12.4. The van der Waals surface area contributed by atoms with Gasteiger partial charge in [0.1, 0.15) is 0 Å². The Hall–Kier alpha value is -1.73. The van der Waals surface area contributed by atoms with Crippen LogP contribution in [-0.2, 0) is 16.1 Å². The van der Waals surface area contributed by atoms with Gasteiger partial charge >= 0.3 is 5.97 Å². The second-order valence-corrected chi connectivity index (χ2v) is 5.03. The molecule has 0 bridgehead atoms. The predicted molar refractivity (Wildman–Crippen MR) is 75.2 cm³/mol. The average molecular weight is 295 g/mol. The lowest BCUT2D eigenvalue weighted by Gasteiger charge is -2.16. The maximum absolute atomic E-state index is 11.5. The third kappa shape index (κ3) is 3.88. The van der Waals surface area contributed by atoms with Crippen LogP contribution in [-0.4, -0.2) is 40.8 Å². The number of thiophene rings is 1. The van der Waals surface area contributed by atoms with Crippen LogP contribution in [0.5, 0.6) is 0 Å². The number of ether oxygens (including phenoxy) is 1. The van der Waals surface area contributed by atoms with E-state index in [0.29, 0.717) is 31.5 Å². The molecule has 0 saturated heterocycles. The summed E-state index contributed by atoms with van der Waals surface area (Å²) in [5.41, 5.74) is 0. The van der Waals surface area contributed by atoms with Crippen molar-refractivity contribution in [1.82, 2.24) is 15.1 Å². The Morgan fingerprint density at radius 1 is 1.45 bits per heavy atom. The lowest BCUT2D eigenvalue weighted by Crippen LogP contribution is -2.30. The first-order chi connectivity index (χ1) is 9.72.